The van der Waals surface area contributed by atoms with Crippen LogP contribution < -0.4 is 4.74 Å². The largest absolute Gasteiger partial charge is 0.478 e. The minimum absolute atomic E-state index is 0.472. The van der Waals surface area contributed by atoms with Crippen molar-refractivity contribution in [1.82, 2.24) is 4.98 Å². The Balaban J connectivity index is 2.92. The van der Waals surface area contributed by atoms with E-state index in [0.29, 0.717) is 12.5 Å². The van der Waals surface area contributed by atoms with Gasteiger partial charge in [0.1, 0.15) is 0 Å². The lowest BCUT2D eigenvalue weighted by Crippen LogP contribution is -1.99. The highest BCUT2D eigenvalue weighted by Crippen LogP contribution is 2.22. The maximum absolute atomic E-state index is 5.39. The Hall–Kier alpha value is -1.05. The number of aromatic nitrogens is 1. The van der Waals surface area contributed by atoms with Crippen LogP contribution in [-0.4, -0.2) is 11.6 Å². The molecule has 0 saturated heterocycles. The third-order valence-electron chi connectivity index (χ3n) is 1.70. The second-order valence-corrected chi connectivity index (χ2v) is 2.99. The lowest BCUT2D eigenvalue weighted by Gasteiger charge is -2.10. The molecule has 0 atom stereocenters. The Labute approximate surface area is 73.6 Å². The highest BCUT2D eigenvalue weighted by molar-refractivity contribution is 5.28. The molecule has 2 heteroatoms. The van der Waals surface area contributed by atoms with Crippen LogP contribution in [0.3, 0.4) is 0 Å². The summed E-state index contributed by atoms with van der Waals surface area (Å²) in [5, 5.41) is 0. The van der Waals surface area contributed by atoms with E-state index in [0.717, 1.165) is 5.88 Å². The van der Waals surface area contributed by atoms with E-state index in [1.54, 1.807) is 6.20 Å². The average Bonchev–Trinajstić information content (AvgIpc) is 2.05. The number of hydrogen-bond donors (Lipinski definition) is 0. The Morgan fingerprint density at radius 2 is 2.25 bits per heavy atom. The van der Waals surface area contributed by atoms with Gasteiger partial charge in [-0.25, -0.2) is 4.98 Å². The number of rotatable bonds is 3. The molecule has 66 valence electrons. The molecule has 0 aliphatic heterocycles. The fourth-order valence-electron chi connectivity index (χ4n) is 1.10. The summed E-state index contributed by atoms with van der Waals surface area (Å²) in [6, 6.07) is 4.00. The van der Waals surface area contributed by atoms with Crippen LogP contribution in [0, 0.1) is 0 Å². The summed E-state index contributed by atoms with van der Waals surface area (Å²) >= 11 is 0. The van der Waals surface area contributed by atoms with Gasteiger partial charge in [-0.05, 0) is 18.9 Å². The summed E-state index contributed by atoms with van der Waals surface area (Å²) in [6.07, 6.45) is 1.76. The maximum Gasteiger partial charge on any atom is 0.216 e. The van der Waals surface area contributed by atoms with E-state index in [1.807, 2.05) is 13.0 Å². The predicted octanol–water partition coefficient (Wildman–Crippen LogP) is 2.60. The average molecular weight is 165 g/mol. The molecule has 0 aliphatic carbocycles. The van der Waals surface area contributed by atoms with Crippen molar-refractivity contribution in [2.24, 2.45) is 0 Å². The molecule has 1 heterocycles. The van der Waals surface area contributed by atoms with Crippen molar-refractivity contribution in [3.63, 3.8) is 0 Å². The van der Waals surface area contributed by atoms with E-state index in [4.69, 9.17) is 4.74 Å². The Morgan fingerprint density at radius 3 is 2.83 bits per heavy atom. The van der Waals surface area contributed by atoms with Gasteiger partial charge in [-0.1, -0.05) is 19.9 Å². The molecule has 1 rings (SSSR count). The van der Waals surface area contributed by atoms with Crippen molar-refractivity contribution in [2.75, 3.05) is 6.61 Å². The van der Waals surface area contributed by atoms with Crippen LogP contribution in [-0.2, 0) is 0 Å². The summed E-state index contributed by atoms with van der Waals surface area (Å²) in [6.45, 7) is 6.93. The summed E-state index contributed by atoms with van der Waals surface area (Å²) in [5.41, 5.74) is 1.18. The van der Waals surface area contributed by atoms with E-state index in [9.17, 15) is 0 Å². The third kappa shape index (κ3) is 1.97. The van der Waals surface area contributed by atoms with Crippen LogP contribution in [0.4, 0.5) is 0 Å². The zero-order chi connectivity index (χ0) is 8.97. The van der Waals surface area contributed by atoms with Gasteiger partial charge in [-0.15, -0.1) is 0 Å². The SMILES string of the molecule is CCOc1ncccc1C(C)C. The Bertz CT molecular complexity index is 245. The van der Waals surface area contributed by atoms with E-state index < -0.39 is 0 Å². The standard InChI is InChI=1S/C10H15NO/c1-4-12-10-9(8(2)3)6-5-7-11-10/h5-8H,4H2,1-3H3. The maximum atomic E-state index is 5.39. The molecule has 1 aromatic rings. The molecule has 0 saturated carbocycles. The second-order valence-electron chi connectivity index (χ2n) is 2.99. The molecule has 0 N–H and O–H groups in total. The Morgan fingerprint density at radius 1 is 1.50 bits per heavy atom. The second kappa shape index (κ2) is 4.10. The van der Waals surface area contributed by atoms with E-state index >= 15 is 0 Å². The Kier molecular flexibility index (Phi) is 3.09. The minimum Gasteiger partial charge on any atom is -0.478 e. The molecule has 1 aromatic heterocycles. The van der Waals surface area contributed by atoms with Crippen molar-refractivity contribution < 1.29 is 4.74 Å². The lowest BCUT2D eigenvalue weighted by molar-refractivity contribution is 0.321. The van der Waals surface area contributed by atoms with E-state index in [-0.39, 0.29) is 0 Å². The van der Waals surface area contributed by atoms with Crippen LogP contribution >= 0.6 is 0 Å². The van der Waals surface area contributed by atoms with Crippen molar-refractivity contribution in [2.45, 2.75) is 26.7 Å². The van der Waals surface area contributed by atoms with Gasteiger partial charge in [0.25, 0.3) is 0 Å². The van der Waals surface area contributed by atoms with E-state index in [1.165, 1.54) is 5.56 Å². The third-order valence-corrected chi connectivity index (χ3v) is 1.70. The zero-order valence-corrected chi connectivity index (χ0v) is 7.87. The fraction of sp³-hybridized carbons (Fsp3) is 0.500. The van der Waals surface area contributed by atoms with Crippen molar-refractivity contribution >= 4 is 0 Å². The number of pyridine rings is 1. The first-order chi connectivity index (χ1) is 5.75. The zero-order valence-electron chi connectivity index (χ0n) is 7.87. The van der Waals surface area contributed by atoms with Crippen LogP contribution in [0.2, 0.25) is 0 Å². The minimum atomic E-state index is 0.472. The van der Waals surface area contributed by atoms with Crippen LogP contribution in [0.5, 0.6) is 5.88 Å². The first-order valence-electron chi connectivity index (χ1n) is 4.33. The van der Waals surface area contributed by atoms with Gasteiger partial charge in [0.15, 0.2) is 0 Å². The molecule has 12 heavy (non-hydrogen) atoms. The highest BCUT2D eigenvalue weighted by Gasteiger charge is 2.06. The van der Waals surface area contributed by atoms with Gasteiger partial charge in [-0.3, -0.25) is 0 Å². The predicted molar refractivity (Wildman–Crippen MR) is 49.5 cm³/mol. The van der Waals surface area contributed by atoms with Gasteiger partial charge in [0, 0.05) is 11.8 Å². The van der Waals surface area contributed by atoms with Gasteiger partial charge >= 0.3 is 0 Å². The summed E-state index contributed by atoms with van der Waals surface area (Å²) < 4.78 is 5.39. The van der Waals surface area contributed by atoms with Crippen LogP contribution in [0.25, 0.3) is 0 Å². The molecule has 0 fully saturated rings. The molecule has 0 spiro atoms. The summed E-state index contributed by atoms with van der Waals surface area (Å²) in [5.74, 6) is 1.25. The van der Waals surface area contributed by atoms with Gasteiger partial charge in [0.2, 0.25) is 5.88 Å². The molecule has 0 unspecified atom stereocenters. The lowest BCUT2D eigenvalue weighted by atomic mass is 10.1. The monoisotopic (exact) mass is 165 g/mol. The van der Waals surface area contributed by atoms with Gasteiger partial charge in [0.05, 0.1) is 6.61 Å². The molecular weight excluding hydrogens is 150 g/mol. The van der Waals surface area contributed by atoms with Gasteiger partial charge < -0.3 is 4.74 Å². The van der Waals surface area contributed by atoms with Crippen LogP contribution in [0.1, 0.15) is 32.3 Å². The number of hydrogen-bond acceptors (Lipinski definition) is 2. The van der Waals surface area contributed by atoms with Crippen molar-refractivity contribution in [1.29, 1.82) is 0 Å². The van der Waals surface area contributed by atoms with Crippen molar-refractivity contribution in [3.8, 4) is 5.88 Å². The van der Waals surface area contributed by atoms with Crippen molar-refractivity contribution in [3.05, 3.63) is 23.9 Å². The molecule has 2 nitrogen and oxygen atoms in total. The first kappa shape index (κ1) is 9.04. The topological polar surface area (TPSA) is 22.1 Å². The molecule has 0 radical (unpaired) electrons. The molecular formula is C10H15NO. The first-order valence-corrected chi connectivity index (χ1v) is 4.33. The molecule has 0 amide bonds. The van der Waals surface area contributed by atoms with Crippen LogP contribution in [0.15, 0.2) is 18.3 Å². The normalized spacial score (nSPS) is 10.3. The molecule has 0 aliphatic rings. The smallest absolute Gasteiger partial charge is 0.216 e. The number of ether oxygens (including phenoxy) is 1. The molecule has 0 aromatic carbocycles. The highest BCUT2D eigenvalue weighted by atomic mass is 16.5. The fourth-order valence-corrected chi connectivity index (χ4v) is 1.10. The quantitative estimate of drug-likeness (QED) is 0.686. The van der Waals surface area contributed by atoms with E-state index in [2.05, 4.69) is 24.9 Å². The summed E-state index contributed by atoms with van der Waals surface area (Å²) in [4.78, 5) is 4.17. The summed E-state index contributed by atoms with van der Waals surface area (Å²) in [7, 11) is 0. The van der Waals surface area contributed by atoms with Gasteiger partial charge in [-0.2, -0.15) is 0 Å². The molecule has 0 bridgehead atoms. The number of nitrogens with zero attached hydrogens (tertiary/aromatic N) is 1.